The van der Waals surface area contributed by atoms with Gasteiger partial charge in [-0.05, 0) is 75.4 Å². The summed E-state index contributed by atoms with van der Waals surface area (Å²) in [6, 6.07) is 14.1. The van der Waals surface area contributed by atoms with Crippen LogP contribution in [0.15, 0.2) is 48.5 Å². The van der Waals surface area contributed by atoms with Crippen LogP contribution in [-0.2, 0) is 26.2 Å². The first-order chi connectivity index (χ1) is 18.0. The van der Waals surface area contributed by atoms with Gasteiger partial charge >= 0.3 is 0 Å². The maximum Gasteiger partial charge on any atom is 0.243 e. The minimum Gasteiger partial charge on any atom is -0.494 e. The molecule has 9 heteroatoms. The summed E-state index contributed by atoms with van der Waals surface area (Å²) >= 11 is 0. The van der Waals surface area contributed by atoms with Crippen molar-refractivity contribution in [3.63, 3.8) is 0 Å². The molecule has 0 fully saturated rings. The van der Waals surface area contributed by atoms with Gasteiger partial charge in [-0.3, -0.25) is 13.9 Å². The highest BCUT2D eigenvalue weighted by Gasteiger charge is 2.29. The summed E-state index contributed by atoms with van der Waals surface area (Å²) in [5.74, 6) is 0.309. The van der Waals surface area contributed by atoms with E-state index in [4.69, 9.17) is 4.74 Å². The second kappa shape index (κ2) is 14.8. The number of sulfonamides is 1. The highest BCUT2D eigenvalue weighted by molar-refractivity contribution is 7.92. The summed E-state index contributed by atoms with van der Waals surface area (Å²) in [7, 11) is -3.56. The number of benzene rings is 2. The standard InChI is InChI=1S/C29H43N3O5S/c1-7-23(5)30-29(34)27(8-2)31(21-24-14-11-10-13-22(24)4)28(33)15-12-20-32(38(6,35)36)25-16-18-26(19-17-25)37-9-3/h10-11,13-14,16-19,23,27H,7-9,12,15,20-21H2,1-6H3,(H,30,34). The Kier molecular flexibility index (Phi) is 12.1. The first-order valence-corrected chi connectivity index (χ1v) is 15.2. The smallest absolute Gasteiger partial charge is 0.243 e. The van der Waals surface area contributed by atoms with E-state index in [2.05, 4.69) is 5.32 Å². The molecule has 0 aliphatic carbocycles. The Morgan fingerprint density at radius 3 is 2.21 bits per heavy atom. The Balaban J connectivity index is 2.22. The Bertz CT molecular complexity index is 1150. The van der Waals surface area contributed by atoms with E-state index in [0.29, 0.717) is 37.4 Å². The number of hydrogen-bond acceptors (Lipinski definition) is 5. The Hall–Kier alpha value is -3.07. The molecule has 0 radical (unpaired) electrons. The summed E-state index contributed by atoms with van der Waals surface area (Å²) in [4.78, 5) is 28.3. The molecule has 0 saturated carbocycles. The molecular formula is C29H43N3O5S. The highest BCUT2D eigenvalue weighted by Crippen LogP contribution is 2.23. The third-order valence-corrected chi connectivity index (χ3v) is 7.77. The number of carbonyl (C=O) groups is 2. The third kappa shape index (κ3) is 9.04. The van der Waals surface area contributed by atoms with Crippen LogP contribution >= 0.6 is 0 Å². The van der Waals surface area contributed by atoms with Gasteiger partial charge in [0.05, 0.1) is 18.6 Å². The van der Waals surface area contributed by atoms with Gasteiger partial charge in [-0.1, -0.05) is 38.1 Å². The molecule has 0 saturated heterocycles. The Labute approximate surface area is 228 Å². The monoisotopic (exact) mass is 545 g/mol. The van der Waals surface area contributed by atoms with Crippen molar-refractivity contribution in [3.05, 3.63) is 59.7 Å². The zero-order valence-corrected chi connectivity index (χ0v) is 24.4. The van der Waals surface area contributed by atoms with Gasteiger partial charge < -0.3 is 15.0 Å². The van der Waals surface area contributed by atoms with Gasteiger partial charge in [-0.25, -0.2) is 8.42 Å². The van der Waals surface area contributed by atoms with Crippen LogP contribution in [0.1, 0.15) is 64.5 Å². The summed E-state index contributed by atoms with van der Waals surface area (Å²) < 4.78 is 31.9. The molecule has 2 amide bonds. The largest absolute Gasteiger partial charge is 0.494 e. The minimum absolute atomic E-state index is 0.00407. The number of anilines is 1. The van der Waals surface area contributed by atoms with Crippen molar-refractivity contribution in [1.82, 2.24) is 10.2 Å². The molecule has 2 aromatic carbocycles. The van der Waals surface area contributed by atoms with Gasteiger partial charge in [0.15, 0.2) is 0 Å². The summed E-state index contributed by atoms with van der Waals surface area (Å²) in [6.45, 7) is 10.7. The topological polar surface area (TPSA) is 96.0 Å². The predicted molar refractivity (Wildman–Crippen MR) is 153 cm³/mol. The van der Waals surface area contributed by atoms with Crippen LogP contribution in [0.2, 0.25) is 0 Å². The fourth-order valence-electron chi connectivity index (χ4n) is 4.21. The van der Waals surface area contributed by atoms with Crippen molar-refractivity contribution in [3.8, 4) is 5.75 Å². The third-order valence-electron chi connectivity index (χ3n) is 6.58. The number of nitrogens with zero attached hydrogens (tertiary/aromatic N) is 2. The number of hydrogen-bond donors (Lipinski definition) is 1. The van der Waals surface area contributed by atoms with Crippen molar-refractivity contribution in [1.29, 1.82) is 0 Å². The molecule has 0 aromatic heterocycles. The molecule has 2 atom stereocenters. The average Bonchev–Trinajstić information content (AvgIpc) is 2.87. The van der Waals surface area contributed by atoms with E-state index < -0.39 is 16.1 Å². The van der Waals surface area contributed by atoms with Gasteiger partial charge in [-0.15, -0.1) is 0 Å². The first-order valence-electron chi connectivity index (χ1n) is 13.4. The average molecular weight is 546 g/mol. The van der Waals surface area contributed by atoms with Crippen LogP contribution in [0.5, 0.6) is 5.75 Å². The van der Waals surface area contributed by atoms with Crippen LogP contribution < -0.4 is 14.4 Å². The second-order valence-electron chi connectivity index (χ2n) is 9.56. The van der Waals surface area contributed by atoms with Gasteiger partial charge in [0.2, 0.25) is 21.8 Å². The number of rotatable bonds is 15. The summed E-state index contributed by atoms with van der Waals surface area (Å²) in [5.41, 5.74) is 2.53. The molecule has 0 bridgehead atoms. The number of aryl methyl sites for hydroxylation is 1. The van der Waals surface area contributed by atoms with Crippen molar-refractivity contribution < 1.29 is 22.7 Å². The molecule has 0 spiro atoms. The molecule has 2 rings (SSSR count). The highest BCUT2D eigenvalue weighted by atomic mass is 32.2. The molecule has 38 heavy (non-hydrogen) atoms. The maximum atomic E-state index is 13.6. The second-order valence-corrected chi connectivity index (χ2v) is 11.5. The summed E-state index contributed by atoms with van der Waals surface area (Å²) in [6.07, 6.45) is 2.85. The van der Waals surface area contributed by atoms with Gasteiger partial charge in [0.25, 0.3) is 0 Å². The number of ether oxygens (including phenoxy) is 1. The van der Waals surface area contributed by atoms with Gasteiger partial charge in [0.1, 0.15) is 11.8 Å². The van der Waals surface area contributed by atoms with Crippen molar-refractivity contribution >= 4 is 27.5 Å². The van der Waals surface area contributed by atoms with Crippen LogP contribution in [0.3, 0.4) is 0 Å². The fraction of sp³-hybridized carbons (Fsp3) is 0.517. The lowest BCUT2D eigenvalue weighted by molar-refractivity contribution is -0.141. The van der Waals surface area contributed by atoms with E-state index in [1.54, 1.807) is 29.2 Å². The van der Waals surface area contributed by atoms with E-state index in [9.17, 15) is 18.0 Å². The molecule has 2 unspecified atom stereocenters. The molecule has 8 nitrogen and oxygen atoms in total. The fourth-order valence-corrected chi connectivity index (χ4v) is 5.18. The lowest BCUT2D eigenvalue weighted by Gasteiger charge is -2.32. The molecule has 0 heterocycles. The Morgan fingerprint density at radius 2 is 1.66 bits per heavy atom. The molecule has 0 aliphatic heterocycles. The Morgan fingerprint density at radius 1 is 1.00 bits per heavy atom. The molecule has 0 aliphatic rings. The lowest BCUT2D eigenvalue weighted by Crippen LogP contribution is -2.50. The van der Waals surface area contributed by atoms with Gasteiger partial charge in [0, 0.05) is 25.6 Å². The predicted octanol–water partition coefficient (Wildman–Crippen LogP) is 4.66. The van der Waals surface area contributed by atoms with E-state index in [0.717, 1.165) is 23.8 Å². The minimum atomic E-state index is -3.56. The summed E-state index contributed by atoms with van der Waals surface area (Å²) in [5, 5.41) is 3.01. The molecule has 210 valence electrons. The van der Waals surface area contributed by atoms with Crippen molar-refractivity contribution in [2.24, 2.45) is 0 Å². The maximum absolute atomic E-state index is 13.6. The quantitative estimate of drug-likeness (QED) is 0.351. The number of amides is 2. The van der Waals surface area contributed by atoms with Crippen LogP contribution in [-0.4, -0.2) is 56.6 Å². The molecule has 1 N–H and O–H groups in total. The van der Waals surface area contributed by atoms with Crippen molar-refractivity contribution in [2.75, 3.05) is 23.7 Å². The molecule has 2 aromatic rings. The van der Waals surface area contributed by atoms with E-state index in [1.807, 2.05) is 58.9 Å². The lowest BCUT2D eigenvalue weighted by atomic mass is 10.0. The number of nitrogens with one attached hydrogen (secondary N) is 1. The van der Waals surface area contributed by atoms with Crippen LogP contribution in [0.25, 0.3) is 0 Å². The van der Waals surface area contributed by atoms with E-state index in [1.165, 1.54) is 4.31 Å². The zero-order chi connectivity index (χ0) is 28.3. The van der Waals surface area contributed by atoms with E-state index >= 15 is 0 Å². The first kappa shape index (κ1) is 31.1. The molecular weight excluding hydrogens is 502 g/mol. The van der Waals surface area contributed by atoms with Crippen LogP contribution in [0.4, 0.5) is 5.69 Å². The van der Waals surface area contributed by atoms with Gasteiger partial charge in [-0.2, -0.15) is 0 Å². The van der Waals surface area contributed by atoms with E-state index in [-0.39, 0.29) is 30.8 Å². The van der Waals surface area contributed by atoms with Crippen molar-refractivity contribution in [2.45, 2.75) is 78.9 Å². The van der Waals surface area contributed by atoms with Crippen LogP contribution in [0, 0.1) is 6.92 Å². The number of carbonyl (C=O) groups excluding carboxylic acids is 2. The SMILES string of the molecule is CCOc1ccc(N(CCCC(=O)N(Cc2ccccc2C)C(CC)C(=O)NC(C)CC)S(C)(=O)=O)cc1. The normalized spacial score (nSPS) is 12.9. The zero-order valence-electron chi connectivity index (χ0n) is 23.6.